The Kier molecular flexibility index (Phi) is 5.55. The first kappa shape index (κ1) is 18.6. The number of rotatable bonds is 6. The van der Waals surface area contributed by atoms with Crippen LogP contribution in [0.25, 0.3) is 0 Å². The third kappa shape index (κ3) is 4.74. The van der Waals surface area contributed by atoms with E-state index in [2.05, 4.69) is 10.1 Å². The molecule has 1 aromatic heterocycles. The number of halogens is 2. The lowest BCUT2D eigenvalue weighted by Gasteiger charge is -2.32. The lowest BCUT2D eigenvalue weighted by Crippen LogP contribution is -2.42. The number of ether oxygens (including phenoxy) is 1. The highest BCUT2D eigenvalue weighted by Crippen LogP contribution is 2.38. The van der Waals surface area contributed by atoms with Crippen molar-refractivity contribution in [2.45, 2.75) is 38.0 Å². The van der Waals surface area contributed by atoms with Crippen LogP contribution in [-0.4, -0.2) is 40.6 Å². The third-order valence-electron chi connectivity index (χ3n) is 5.01. The minimum absolute atomic E-state index is 0.0412. The lowest BCUT2D eigenvalue weighted by atomic mass is 9.95. The van der Waals surface area contributed by atoms with E-state index in [0.717, 1.165) is 38.1 Å². The third-order valence-corrected chi connectivity index (χ3v) is 5.54. The Bertz CT molecular complexity index is 822. The van der Waals surface area contributed by atoms with E-state index in [1.54, 1.807) is 18.2 Å². The fourth-order valence-electron chi connectivity index (χ4n) is 3.39. The highest BCUT2D eigenvalue weighted by Gasteiger charge is 2.30. The fraction of sp³-hybridized carbons (Fsp3) is 0.526. The SMILES string of the molecule is O=C(COc1ccc(Cl)cc1Cl)N1CCC[C@H](Cc2nc(C3CC3)no2)C1. The van der Waals surface area contributed by atoms with Gasteiger partial charge in [-0.3, -0.25) is 4.79 Å². The summed E-state index contributed by atoms with van der Waals surface area (Å²) in [5, 5.41) is 5.00. The maximum atomic E-state index is 12.5. The van der Waals surface area contributed by atoms with Crippen LogP contribution < -0.4 is 4.74 Å². The van der Waals surface area contributed by atoms with Gasteiger partial charge in [0.15, 0.2) is 12.4 Å². The van der Waals surface area contributed by atoms with Crippen LogP contribution in [-0.2, 0) is 11.2 Å². The maximum Gasteiger partial charge on any atom is 0.260 e. The topological polar surface area (TPSA) is 68.5 Å². The van der Waals surface area contributed by atoms with Crippen molar-refractivity contribution in [3.63, 3.8) is 0 Å². The van der Waals surface area contributed by atoms with Gasteiger partial charge in [0.2, 0.25) is 5.89 Å². The molecular weight excluding hydrogens is 389 g/mol. The van der Waals surface area contributed by atoms with Crippen LogP contribution in [0.2, 0.25) is 10.0 Å². The number of carbonyl (C=O) groups is 1. The molecular formula is C19H21Cl2N3O3. The molecule has 2 aromatic rings. The molecule has 8 heteroatoms. The molecule has 0 bridgehead atoms. The van der Waals surface area contributed by atoms with Crippen molar-refractivity contribution < 1.29 is 14.1 Å². The summed E-state index contributed by atoms with van der Waals surface area (Å²) in [7, 11) is 0. The zero-order valence-corrected chi connectivity index (χ0v) is 16.4. The molecule has 0 unspecified atom stereocenters. The Morgan fingerprint density at radius 3 is 2.93 bits per heavy atom. The minimum Gasteiger partial charge on any atom is -0.482 e. The van der Waals surface area contributed by atoms with Crippen LogP contribution in [0, 0.1) is 5.92 Å². The maximum absolute atomic E-state index is 12.5. The Hall–Kier alpha value is -1.79. The minimum atomic E-state index is -0.0464. The average molecular weight is 410 g/mol. The lowest BCUT2D eigenvalue weighted by molar-refractivity contribution is -0.135. The number of carbonyl (C=O) groups excluding carboxylic acids is 1. The van der Waals surface area contributed by atoms with Gasteiger partial charge in [-0.2, -0.15) is 4.98 Å². The molecule has 144 valence electrons. The second-order valence-electron chi connectivity index (χ2n) is 7.24. The first-order valence-corrected chi connectivity index (χ1v) is 10.0. The van der Waals surface area contributed by atoms with Crippen molar-refractivity contribution in [2.24, 2.45) is 5.92 Å². The van der Waals surface area contributed by atoms with Crippen molar-refractivity contribution in [3.8, 4) is 5.75 Å². The number of piperidine rings is 1. The summed E-state index contributed by atoms with van der Waals surface area (Å²) in [6.45, 7) is 1.38. The second kappa shape index (κ2) is 8.07. The van der Waals surface area contributed by atoms with Crippen LogP contribution in [0.15, 0.2) is 22.7 Å². The number of hydrogen-bond acceptors (Lipinski definition) is 5. The summed E-state index contributed by atoms with van der Waals surface area (Å²) in [6.07, 6.45) is 5.04. The Morgan fingerprint density at radius 1 is 1.30 bits per heavy atom. The van der Waals surface area contributed by atoms with Crippen LogP contribution in [0.4, 0.5) is 0 Å². The van der Waals surface area contributed by atoms with Gasteiger partial charge in [-0.15, -0.1) is 0 Å². The molecule has 4 rings (SSSR count). The highest BCUT2D eigenvalue weighted by atomic mass is 35.5. The van der Waals surface area contributed by atoms with Gasteiger partial charge in [-0.1, -0.05) is 28.4 Å². The van der Waals surface area contributed by atoms with Crippen molar-refractivity contribution >= 4 is 29.1 Å². The van der Waals surface area contributed by atoms with Gasteiger partial charge < -0.3 is 14.2 Å². The molecule has 1 aliphatic heterocycles. The quantitative estimate of drug-likeness (QED) is 0.717. The van der Waals surface area contributed by atoms with Gasteiger partial charge in [0.1, 0.15) is 5.75 Å². The zero-order valence-electron chi connectivity index (χ0n) is 14.9. The van der Waals surface area contributed by atoms with E-state index in [-0.39, 0.29) is 12.5 Å². The van der Waals surface area contributed by atoms with Gasteiger partial charge in [0.25, 0.3) is 5.91 Å². The first-order chi connectivity index (χ1) is 13.1. The summed E-state index contributed by atoms with van der Waals surface area (Å²) in [5.74, 6) is 2.75. The van der Waals surface area contributed by atoms with Gasteiger partial charge in [-0.25, -0.2) is 0 Å². The molecule has 27 heavy (non-hydrogen) atoms. The molecule has 2 fully saturated rings. The van der Waals surface area contributed by atoms with Gasteiger partial charge in [0, 0.05) is 30.5 Å². The molecule has 2 heterocycles. The van der Waals surface area contributed by atoms with Crippen LogP contribution >= 0.6 is 23.2 Å². The molecule has 6 nitrogen and oxygen atoms in total. The molecule has 0 radical (unpaired) electrons. The Balaban J connectivity index is 1.29. The number of hydrogen-bond donors (Lipinski definition) is 0. The van der Waals surface area contributed by atoms with Crippen LogP contribution in [0.1, 0.15) is 43.3 Å². The van der Waals surface area contributed by atoms with Crippen LogP contribution in [0.3, 0.4) is 0 Å². The summed E-state index contributed by atoms with van der Waals surface area (Å²) >= 11 is 12.0. The predicted molar refractivity (Wildman–Crippen MR) is 101 cm³/mol. The van der Waals surface area contributed by atoms with E-state index >= 15 is 0 Å². The van der Waals surface area contributed by atoms with Gasteiger partial charge in [0.05, 0.1) is 5.02 Å². The fourth-order valence-corrected chi connectivity index (χ4v) is 3.85. The molecule has 0 N–H and O–H groups in total. The van der Waals surface area contributed by atoms with E-state index in [1.165, 1.54) is 0 Å². The molecule has 1 saturated carbocycles. The largest absolute Gasteiger partial charge is 0.482 e. The van der Waals surface area contributed by atoms with Crippen LogP contribution in [0.5, 0.6) is 5.75 Å². The molecule has 0 spiro atoms. The standard InChI is InChI=1S/C19H21Cl2N3O3/c20-14-5-6-16(15(21)9-14)26-11-18(25)24-7-1-2-12(10-24)8-17-22-19(23-27-17)13-3-4-13/h5-6,9,12-13H,1-4,7-8,10-11H2/t12-/m1/s1. The second-order valence-corrected chi connectivity index (χ2v) is 8.08. The predicted octanol–water partition coefficient (Wildman–Crippen LogP) is 4.11. The number of amides is 1. The number of aromatic nitrogens is 2. The summed E-state index contributed by atoms with van der Waals surface area (Å²) in [6, 6.07) is 4.95. The van der Waals surface area contributed by atoms with E-state index in [1.807, 2.05) is 4.90 Å². The molecule has 2 aliphatic rings. The Labute approximate surface area is 167 Å². The zero-order chi connectivity index (χ0) is 18.8. The van der Waals surface area contributed by atoms with E-state index in [0.29, 0.717) is 46.5 Å². The molecule has 1 atom stereocenters. The number of benzene rings is 1. The molecule has 1 aromatic carbocycles. The van der Waals surface area contributed by atoms with Crippen molar-refractivity contribution in [2.75, 3.05) is 19.7 Å². The molecule has 1 amide bonds. The Morgan fingerprint density at radius 2 is 2.15 bits per heavy atom. The normalized spacial score (nSPS) is 19.9. The van der Waals surface area contributed by atoms with Gasteiger partial charge in [-0.05, 0) is 49.8 Å². The summed E-state index contributed by atoms with van der Waals surface area (Å²) < 4.78 is 11.0. The smallest absolute Gasteiger partial charge is 0.260 e. The summed E-state index contributed by atoms with van der Waals surface area (Å²) in [5.41, 5.74) is 0. The van der Waals surface area contributed by atoms with E-state index in [4.69, 9.17) is 32.5 Å². The monoisotopic (exact) mass is 409 g/mol. The number of likely N-dealkylation sites (tertiary alicyclic amines) is 1. The first-order valence-electron chi connectivity index (χ1n) is 9.26. The molecule has 1 aliphatic carbocycles. The van der Waals surface area contributed by atoms with Gasteiger partial charge >= 0.3 is 0 Å². The van der Waals surface area contributed by atoms with Crippen molar-refractivity contribution in [3.05, 3.63) is 40.0 Å². The number of nitrogens with zero attached hydrogens (tertiary/aromatic N) is 3. The van der Waals surface area contributed by atoms with Crippen molar-refractivity contribution in [1.82, 2.24) is 15.0 Å². The van der Waals surface area contributed by atoms with E-state index in [9.17, 15) is 4.79 Å². The van der Waals surface area contributed by atoms with E-state index < -0.39 is 0 Å². The molecule has 1 saturated heterocycles. The van der Waals surface area contributed by atoms with Crippen molar-refractivity contribution in [1.29, 1.82) is 0 Å². The summed E-state index contributed by atoms with van der Waals surface area (Å²) in [4.78, 5) is 18.9. The average Bonchev–Trinajstić information content (AvgIpc) is 3.41. The highest BCUT2D eigenvalue weighted by molar-refractivity contribution is 6.35.